The number of aryl methyl sites for hydroxylation is 1. The molecule has 3 aromatic carbocycles. The molecule has 2 saturated heterocycles. The Labute approximate surface area is 362 Å². The van der Waals surface area contributed by atoms with Gasteiger partial charge >= 0.3 is 12.1 Å². The molecular weight excluding hydrogens is 803 g/mol. The van der Waals surface area contributed by atoms with Crippen LogP contribution in [0.5, 0.6) is 0 Å². The van der Waals surface area contributed by atoms with Crippen LogP contribution in [0.25, 0.3) is 5.57 Å². The third kappa shape index (κ3) is 12.5. The van der Waals surface area contributed by atoms with E-state index in [1.165, 1.54) is 7.11 Å². The number of ketones is 2. The molecule has 2 heterocycles. The van der Waals surface area contributed by atoms with E-state index in [2.05, 4.69) is 0 Å². The summed E-state index contributed by atoms with van der Waals surface area (Å²) in [6.07, 6.45) is -7.54. The first-order valence-corrected chi connectivity index (χ1v) is 20.6. The maximum atomic E-state index is 14.2. The van der Waals surface area contributed by atoms with Gasteiger partial charge in [-0.1, -0.05) is 104 Å². The number of allylic oxidation sites excluding steroid dienone is 1. The Kier molecular flexibility index (Phi) is 18.0. The molecule has 0 aliphatic carbocycles. The highest BCUT2D eigenvalue weighted by Crippen LogP contribution is 2.31. The highest BCUT2D eigenvalue weighted by atomic mass is 16.7. The Hall–Kier alpha value is -5.13. The van der Waals surface area contributed by atoms with Crippen molar-refractivity contribution >= 4 is 35.1 Å². The van der Waals surface area contributed by atoms with E-state index in [1.807, 2.05) is 73.7 Å². The minimum atomic E-state index is -1.84. The number of hydrogen-bond acceptors (Lipinski definition) is 14. The van der Waals surface area contributed by atoms with E-state index < -0.39 is 78.5 Å². The fourth-order valence-corrected chi connectivity index (χ4v) is 7.38. The average Bonchev–Trinajstić information content (AvgIpc) is 3.67. The number of cyclic esters (lactones) is 1. The quantitative estimate of drug-likeness (QED) is 0.0794. The summed E-state index contributed by atoms with van der Waals surface area (Å²) in [4.78, 5) is 68.0. The van der Waals surface area contributed by atoms with E-state index in [-0.39, 0.29) is 57.4 Å². The largest absolute Gasteiger partial charge is 0.451 e. The SMILES string of the molecule is CO[C@H]1O[C@H](CO)[C@@H](OCc2ccccc2)[C@H](OCc2ccccc2)[C@@H]1OCCCC(=O)C(=CC(=O)[C@H](OC(C)=O)[C@@H](OC)C(=O)N1C(=O)OC[C@H]1C(C)C)c1cccc(C)c1. The number of amides is 2. The second-order valence-electron chi connectivity index (χ2n) is 15.5. The van der Waals surface area contributed by atoms with E-state index in [0.29, 0.717) is 5.56 Å². The summed E-state index contributed by atoms with van der Waals surface area (Å²) in [5.41, 5.74) is 3.03. The number of hydrogen-bond donors (Lipinski definition) is 1. The lowest BCUT2D eigenvalue weighted by atomic mass is 9.94. The van der Waals surface area contributed by atoms with E-state index in [4.69, 9.17) is 37.9 Å². The van der Waals surface area contributed by atoms with Crippen molar-refractivity contribution in [2.45, 2.75) is 103 Å². The van der Waals surface area contributed by atoms with Crippen molar-refractivity contribution in [3.8, 4) is 0 Å². The summed E-state index contributed by atoms with van der Waals surface area (Å²) in [7, 11) is 2.61. The van der Waals surface area contributed by atoms with Gasteiger partial charge in [-0.2, -0.15) is 0 Å². The summed E-state index contributed by atoms with van der Waals surface area (Å²) in [6, 6.07) is 25.4. The van der Waals surface area contributed by atoms with Gasteiger partial charge in [-0.25, -0.2) is 9.69 Å². The molecule has 0 radical (unpaired) electrons. The number of aliphatic hydroxyl groups excluding tert-OH is 1. The summed E-state index contributed by atoms with van der Waals surface area (Å²) >= 11 is 0. The summed E-state index contributed by atoms with van der Waals surface area (Å²) in [6.45, 7) is 6.52. The molecule has 2 amide bonds. The fraction of sp³-hybridized carbons (Fsp3) is 0.468. The molecule has 5 rings (SSSR count). The van der Waals surface area contributed by atoms with Crippen LogP contribution in [0.4, 0.5) is 4.79 Å². The number of aliphatic hydroxyl groups is 1. The van der Waals surface area contributed by atoms with E-state index in [9.17, 15) is 29.1 Å². The zero-order valence-electron chi connectivity index (χ0n) is 36.0. The molecule has 15 nitrogen and oxygen atoms in total. The molecular formula is C47H57NO14. The van der Waals surface area contributed by atoms with Gasteiger partial charge in [0.25, 0.3) is 5.91 Å². The molecule has 3 aromatic rings. The van der Waals surface area contributed by atoms with Gasteiger partial charge in [0.15, 0.2) is 30.1 Å². The minimum absolute atomic E-state index is 0.00112. The zero-order chi connectivity index (χ0) is 44.8. The highest BCUT2D eigenvalue weighted by Gasteiger charge is 2.49. The van der Waals surface area contributed by atoms with Crippen LogP contribution >= 0.6 is 0 Å². The van der Waals surface area contributed by atoms with Crippen molar-refractivity contribution in [1.82, 2.24) is 4.90 Å². The summed E-state index contributed by atoms with van der Waals surface area (Å²) < 4.78 is 47.1. The molecule has 62 heavy (non-hydrogen) atoms. The highest BCUT2D eigenvalue weighted by molar-refractivity contribution is 6.25. The van der Waals surface area contributed by atoms with Gasteiger partial charge in [0.1, 0.15) is 31.0 Å². The first-order chi connectivity index (χ1) is 29.9. The molecule has 0 aromatic heterocycles. The van der Waals surface area contributed by atoms with Crippen molar-refractivity contribution in [1.29, 1.82) is 0 Å². The number of carbonyl (C=O) groups excluding carboxylic acids is 5. The zero-order valence-corrected chi connectivity index (χ0v) is 36.0. The maximum absolute atomic E-state index is 14.2. The first kappa shape index (κ1) is 47.9. The Morgan fingerprint density at radius 2 is 1.50 bits per heavy atom. The number of esters is 1. The number of methoxy groups -OCH3 is 2. The third-order valence-electron chi connectivity index (χ3n) is 10.6. The molecule has 2 aliphatic rings. The Morgan fingerprint density at radius 1 is 0.855 bits per heavy atom. The third-order valence-corrected chi connectivity index (χ3v) is 10.6. The number of imide groups is 1. The predicted molar refractivity (Wildman–Crippen MR) is 224 cm³/mol. The average molecular weight is 860 g/mol. The minimum Gasteiger partial charge on any atom is -0.451 e. The van der Waals surface area contributed by atoms with Gasteiger partial charge in [-0.05, 0) is 42.0 Å². The maximum Gasteiger partial charge on any atom is 0.417 e. The lowest BCUT2D eigenvalue weighted by Gasteiger charge is -2.45. The van der Waals surface area contributed by atoms with E-state index in [0.717, 1.165) is 41.7 Å². The van der Waals surface area contributed by atoms with Gasteiger partial charge in [-0.15, -0.1) is 0 Å². The molecule has 0 bridgehead atoms. The summed E-state index contributed by atoms with van der Waals surface area (Å²) in [5, 5.41) is 10.4. The summed E-state index contributed by atoms with van der Waals surface area (Å²) in [5.74, 6) is -3.35. The van der Waals surface area contributed by atoms with Gasteiger partial charge in [0, 0.05) is 39.7 Å². The van der Waals surface area contributed by atoms with Crippen LogP contribution in [0, 0.1) is 12.8 Å². The monoisotopic (exact) mass is 859 g/mol. The molecule has 15 heteroatoms. The number of benzene rings is 3. The molecule has 0 unspecified atom stereocenters. The van der Waals surface area contributed by atoms with Gasteiger partial charge in [0.2, 0.25) is 0 Å². The molecule has 334 valence electrons. The number of carbonyl (C=O) groups is 5. The van der Waals surface area contributed by atoms with Crippen LogP contribution in [0.3, 0.4) is 0 Å². The van der Waals surface area contributed by atoms with Crippen LogP contribution in [-0.4, -0.2) is 123 Å². The van der Waals surface area contributed by atoms with E-state index in [1.54, 1.807) is 32.0 Å². The number of ether oxygens (including phenoxy) is 8. The second kappa shape index (κ2) is 23.4. The Balaban J connectivity index is 1.36. The molecule has 1 N–H and O–H groups in total. The van der Waals surface area contributed by atoms with Crippen molar-refractivity contribution in [3.63, 3.8) is 0 Å². The molecule has 8 atom stereocenters. The molecule has 2 fully saturated rings. The van der Waals surface area contributed by atoms with Crippen molar-refractivity contribution in [3.05, 3.63) is 113 Å². The van der Waals surface area contributed by atoms with Crippen LogP contribution in [-0.2, 0) is 70.3 Å². The van der Waals surface area contributed by atoms with Crippen molar-refractivity contribution in [2.75, 3.05) is 34.0 Å². The first-order valence-electron chi connectivity index (χ1n) is 20.6. The van der Waals surface area contributed by atoms with Gasteiger partial charge in [0.05, 0.1) is 25.9 Å². The predicted octanol–water partition coefficient (Wildman–Crippen LogP) is 5.17. The standard InChI is InChI=1S/C47H57NO14/c1-29(2)36-28-60-47(54)48(36)45(53)43(55-5)40(61-31(4)50)38(52)24-35(34-20-13-15-30(3)23-34)37(51)21-14-22-57-44-42(59-27-33-18-11-8-12-19-33)41(39(25-49)62-46(44)56-6)58-26-32-16-9-7-10-17-32/h7-13,15-20,23-24,29,36,39-44,46,49H,14,21-22,25-28H2,1-6H3/t36-,39+,40-,41+,42-,43+,44-,46-/m0/s1. The Morgan fingerprint density at radius 3 is 2.06 bits per heavy atom. The fourth-order valence-electron chi connectivity index (χ4n) is 7.38. The van der Waals surface area contributed by atoms with Crippen LogP contribution in [0.1, 0.15) is 55.9 Å². The number of rotatable bonds is 22. The van der Waals surface area contributed by atoms with Gasteiger partial charge < -0.3 is 43.0 Å². The van der Waals surface area contributed by atoms with Gasteiger partial charge in [-0.3, -0.25) is 19.2 Å². The van der Waals surface area contributed by atoms with E-state index >= 15 is 0 Å². The lowest BCUT2D eigenvalue weighted by Crippen LogP contribution is -2.61. The topological polar surface area (TPSA) is 183 Å². The lowest BCUT2D eigenvalue weighted by molar-refractivity contribution is -0.319. The van der Waals surface area contributed by atoms with Crippen LogP contribution in [0.2, 0.25) is 0 Å². The Bertz CT molecular complexity index is 1990. The molecule has 2 aliphatic heterocycles. The second-order valence-corrected chi connectivity index (χ2v) is 15.5. The molecule has 0 saturated carbocycles. The van der Waals surface area contributed by atoms with Crippen LogP contribution < -0.4 is 0 Å². The number of Topliss-reactive ketones (excluding diaryl/α,β-unsaturated/α-hetero) is 1. The van der Waals surface area contributed by atoms with Crippen molar-refractivity contribution < 1.29 is 67.0 Å². The molecule has 0 spiro atoms. The normalized spacial score (nSPS) is 22.5. The van der Waals surface area contributed by atoms with Crippen molar-refractivity contribution in [2.24, 2.45) is 5.92 Å². The number of nitrogens with zero attached hydrogens (tertiary/aromatic N) is 1. The smallest absolute Gasteiger partial charge is 0.417 e. The van der Waals surface area contributed by atoms with Crippen LogP contribution in [0.15, 0.2) is 91.0 Å².